The molecule has 2 rings (SSSR count). The predicted octanol–water partition coefficient (Wildman–Crippen LogP) is 0.942. The Labute approximate surface area is 79.6 Å². The van der Waals surface area contributed by atoms with Crippen molar-refractivity contribution in [3.63, 3.8) is 0 Å². The van der Waals surface area contributed by atoms with Crippen molar-refractivity contribution in [3.8, 4) is 0 Å². The summed E-state index contributed by atoms with van der Waals surface area (Å²) < 4.78 is 14.8. The highest BCUT2D eigenvalue weighted by atomic mass is 16.8. The second-order valence-electron chi connectivity index (χ2n) is 3.05. The zero-order valence-electron chi connectivity index (χ0n) is 7.48. The van der Waals surface area contributed by atoms with E-state index in [-0.39, 0.29) is 6.42 Å². The van der Waals surface area contributed by atoms with Crippen molar-refractivity contribution in [1.82, 2.24) is 0 Å². The maximum Gasteiger partial charge on any atom is 0.320 e. The van der Waals surface area contributed by atoms with Crippen LogP contribution in [0.5, 0.6) is 0 Å². The highest BCUT2D eigenvalue weighted by Crippen LogP contribution is 2.31. The van der Waals surface area contributed by atoms with E-state index in [4.69, 9.17) is 13.9 Å². The first-order valence-corrected chi connectivity index (χ1v) is 4.08. The summed E-state index contributed by atoms with van der Waals surface area (Å²) in [4.78, 5) is 22.0. The quantitative estimate of drug-likeness (QED) is 0.494. The van der Waals surface area contributed by atoms with Crippen molar-refractivity contribution in [3.05, 3.63) is 24.2 Å². The number of hydrogen-bond donors (Lipinski definition) is 0. The topological polar surface area (TPSA) is 65.7 Å². The van der Waals surface area contributed by atoms with Crippen LogP contribution in [0.2, 0.25) is 0 Å². The molecular formula is C9H8O5. The highest BCUT2D eigenvalue weighted by molar-refractivity contribution is 5.93. The van der Waals surface area contributed by atoms with Gasteiger partial charge >= 0.3 is 17.7 Å². The monoisotopic (exact) mass is 196 g/mol. The largest absolute Gasteiger partial charge is 0.461 e. The van der Waals surface area contributed by atoms with E-state index in [1.807, 2.05) is 0 Å². The summed E-state index contributed by atoms with van der Waals surface area (Å²) in [5, 5.41) is 0. The molecule has 14 heavy (non-hydrogen) atoms. The van der Waals surface area contributed by atoms with E-state index in [1.165, 1.54) is 13.2 Å². The molecule has 1 saturated heterocycles. The average Bonchev–Trinajstić information content (AvgIpc) is 2.52. The predicted molar refractivity (Wildman–Crippen MR) is 42.9 cm³/mol. The third-order valence-electron chi connectivity index (χ3n) is 1.87. The molecular weight excluding hydrogens is 188 g/mol. The molecule has 2 heterocycles. The Morgan fingerprint density at radius 1 is 1.29 bits per heavy atom. The third-order valence-corrected chi connectivity index (χ3v) is 1.87. The van der Waals surface area contributed by atoms with Gasteiger partial charge in [0.2, 0.25) is 0 Å². The zero-order chi connectivity index (χ0) is 10.2. The Hall–Kier alpha value is -1.78. The van der Waals surface area contributed by atoms with Crippen molar-refractivity contribution in [2.24, 2.45) is 0 Å². The van der Waals surface area contributed by atoms with Gasteiger partial charge in [0.15, 0.2) is 5.76 Å². The smallest absolute Gasteiger partial charge is 0.320 e. The first-order chi connectivity index (χ1) is 6.60. The van der Waals surface area contributed by atoms with E-state index < -0.39 is 17.7 Å². The molecule has 0 N–H and O–H groups in total. The van der Waals surface area contributed by atoms with E-state index in [9.17, 15) is 9.59 Å². The Balaban J connectivity index is 2.31. The second kappa shape index (κ2) is 2.87. The number of esters is 2. The lowest BCUT2D eigenvalue weighted by atomic mass is 10.2. The molecule has 0 saturated carbocycles. The minimum Gasteiger partial charge on any atom is -0.461 e. The molecule has 1 aromatic rings. The van der Waals surface area contributed by atoms with Gasteiger partial charge < -0.3 is 13.9 Å². The summed E-state index contributed by atoms with van der Waals surface area (Å²) >= 11 is 0. The van der Waals surface area contributed by atoms with Gasteiger partial charge in [-0.3, -0.25) is 9.59 Å². The molecule has 0 aromatic carbocycles. The minimum absolute atomic E-state index is 0.291. The molecule has 1 aliphatic rings. The van der Waals surface area contributed by atoms with Crippen LogP contribution in [-0.2, 0) is 24.8 Å². The number of ether oxygens (including phenoxy) is 2. The van der Waals surface area contributed by atoms with Crippen molar-refractivity contribution < 1.29 is 23.5 Å². The van der Waals surface area contributed by atoms with Crippen LogP contribution in [0, 0.1) is 0 Å². The SMILES string of the molecule is CC1(c2ccco2)OC(=O)CC(=O)O1. The van der Waals surface area contributed by atoms with Crippen LogP contribution in [-0.4, -0.2) is 11.9 Å². The van der Waals surface area contributed by atoms with Crippen LogP contribution in [0.4, 0.5) is 0 Å². The van der Waals surface area contributed by atoms with Gasteiger partial charge in [0.25, 0.3) is 0 Å². The van der Waals surface area contributed by atoms with Gasteiger partial charge in [0.05, 0.1) is 6.26 Å². The van der Waals surface area contributed by atoms with Crippen LogP contribution in [0.3, 0.4) is 0 Å². The van der Waals surface area contributed by atoms with Gasteiger partial charge in [-0.05, 0) is 12.1 Å². The molecule has 1 fully saturated rings. The molecule has 0 atom stereocenters. The van der Waals surface area contributed by atoms with Crippen LogP contribution < -0.4 is 0 Å². The minimum atomic E-state index is -1.42. The second-order valence-corrected chi connectivity index (χ2v) is 3.05. The maximum atomic E-state index is 11.0. The first-order valence-electron chi connectivity index (χ1n) is 4.08. The van der Waals surface area contributed by atoms with E-state index in [0.29, 0.717) is 5.76 Å². The molecule has 1 aliphatic heterocycles. The molecule has 0 spiro atoms. The Morgan fingerprint density at radius 2 is 1.93 bits per heavy atom. The molecule has 0 unspecified atom stereocenters. The normalized spacial score (nSPS) is 20.1. The van der Waals surface area contributed by atoms with Crippen molar-refractivity contribution in [2.45, 2.75) is 19.1 Å². The summed E-state index contributed by atoms with van der Waals surface area (Å²) in [6, 6.07) is 3.20. The van der Waals surface area contributed by atoms with Crippen LogP contribution in [0.1, 0.15) is 19.1 Å². The summed E-state index contributed by atoms with van der Waals surface area (Å²) in [7, 11) is 0. The lowest BCUT2D eigenvalue weighted by Crippen LogP contribution is -2.40. The molecule has 0 aliphatic carbocycles. The standard InChI is InChI=1S/C9H8O5/c1-9(6-3-2-4-12-6)13-7(10)5-8(11)14-9/h2-4H,5H2,1H3. The molecule has 0 bridgehead atoms. The fraction of sp³-hybridized carbons (Fsp3) is 0.333. The summed E-state index contributed by atoms with van der Waals surface area (Å²) in [5.41, 5.74) is 0. The van der Waals surface area contributed by atoms with Crippen molar-refractivity contribution >= 4 is 11.9 Å². The molecule has 5 heteroatoms. The zero-order valence-corrected chi connectivity index (χ0v) is 7.48. The van der Waals surface area contributed by atoms with Gasteiger partial charge in [0, 0.05) is 6.92 Å². The van der Waals surface area contributed by atoms with Gasteiger partial charge in [-0.1, -0.05) is 0 Å². The third kappa shape index (κ3) is 1.37. The lowest BCUT2D eigenvalue weighted by Gasteiger charge is -2.30. The fourth-order valence-electron chi connectivity index (χ4n) is 1.28. The Morgan fingerprint density at radius 3 is 2.43 bits per heavy atom. The van der Waals surface area contributed by atoms with Crippen LogP contribution >= 0.6 is 0 Å². The Bertz CT molecular complexity index is 349. The van der Waals surface area contributed by atoms with E-state index in [2.05, 4.69) is 0 Å². The fourth-order valence-corrected chi connectivity index (χ4v) is 1.28. The average molecular weight is 196 g/mol. The number of furan rings is 1. The number of cyclic esters (lactones) is 2. The van der Waals surface area contributed by atoms with Gasteiger partial charge in [0.1, 0.15) is 6.42 Å². The van der Waals surface area contributed by atoms with E-state index >= 15 is 0 Å². The molecule has 5 nitrogen and oxygen atoms in total. The van der Waals surface area contributed by atoms with E-state index in [1.54, 1.807) is 12.1 Å². The molecule has 0 amide bonds. The van der Waals surface area contributed by atoms with Crippen molar-refractivity contribution in [2.75, 3.05) is 0 Å². The first kappa shape index (κ1) is 8.80. The summed E-state index contributed by atoms with van der Waals surface area (Å²) in [6.45, 7) is 1.46. The number of rotatable bonds is 1. The molecule has 74 valence electrons. The number of hydrogen-bond acceptors (Lipinski definition) is 5. The van der Waals surface area contributed by atoms with Gasteiger partial charge in [-0.2, -0.15) is 0 Å². The molecule has 0 radical (unpaired) electrons. The summed E-state index contributed by atoms with van der Waals surface area (Å²) in [6.07, 6.45) is 1.06. The van der Waals surface area contributed by atoms with E-state index in [0.717, 1.165) is 0 Å². The highest BCUT2D eigenvalue weighted by Gasteiger charge is 2.42. The number of carbonyl (C=O) groups excluding carboxylic acids is 2. The van der Waals surface area contributed by atoms with Crippen LogP contribution in [0.25, 0.3) is 0 Å². The molecule has 1 aromatic heterocycles. The number of carbonyl (C=O) groups is 2. The van der Waals surface area contributed by atoms with Crippen molar-refractivity contribution in [1.29, 1.82) is 0 Å². The van der Waals surface area contributed by atoms with Gasteiger partial charge in [-0.25, -0.2) is 0 Å². The lowest BCUT2D eigenvalue weighted by molar-refractivity contribution is -0.248. The summed E-state index contributed by atoms with van der Waals surface area (Å²) in [5.74, 6) is -2.35. The van der Waals surface area contributed by atoms with Gasteiger partial charge in [-0.15, -0.1) is 0 Å². The van der Waals surface area contributed by atoms with Crippen LogP contribution in [0.15, 0.2) is 22.8 Å². The Kier molecular flexibility index (Phi) is 1.80. The maximum absolute atomic E-state index is 11.0.